The highest BCUT2D eigenvalue weighted by molar-refractivity contribution is 5.97. The van der Waals surface area contributed by atoms with E-state index in [1.807, 2.05) is 24.3 Å². The third-order valence-corrected chi connectivity index (χ3v) is 3.65. The normalized spacial score (nSPS) is 20.9. The highest BCUT2D eigenvalue weighted by atomic mass is 16.5. The maximum absolute atomic E-state index is 6.10. The highest BCUT2D eigenvalue weighted by Crippen LogP contribution is 2.15. The molecule has 0 spiro atoms. The first-order valence-electron chi connectivity index (χ1n) is 7.50. The Morgan fingerprint density at radius 2 is 2.20 bits per heavy atom. The van der Waals surface area contributed by atoms with Crippen LogP contribution >= 0.6 is 0 Å². The molecule has 0 aliphatic carbocycles. The van der Waals surface area contributed by atoms with Crippen LogP contribution in [0.3, 0.4) is 0 Å². The Kier molecular flexibility index (Phi) is 5.41. The van der Waals surface area contributed by atoms with Crippen LogP contribution in [0.25, 0.3) is 0 Å². The fraction of sp³-hybridized carbons (Fsp3) is 0.562. The van der Waals surface area contributed by atoms with Crippen LogP contribution in [-0.2, 0) is 0 Å². The van der Waals surface area contributed by atoms with E-state index in [2.05, 4.69) is 24.2 Å². The number of nitrogens with one attached hydrogen (secondary N) is 1. The smallest absolute Gasteiger partial charge is 0.125 e. The molecule has 1 heterocycles. The fourth-order valence-electron chi connectivity index (χ4n) is 2.45. The lowest BCUT2D eigenvalue weighted by Crippen LogP contribution is -2.33. The van der Waals surface area contributed by atoms with Crippen LogP contribution in [0.5, 0.6) is 5.75 Å². The summed E-state index contributed by atoms with van der Waals surface area (Å²) in [5.74, 6) is 1.49. The van der Waals surface area contributed by atoms with Crippen molar-refractivity contribution >= 4 is 5.84 Å². The Bertz CT molecular complexity index is 436. The summed E-state index contributed by atoms with van der Waals surface area (Å²) < 4.78 is 5.56. The highest BCUT2D eigenvalue weighted by Gasteiger charge is 2.20. The van der Waals surface area contributed by atoms with Crippen LogP contribution in [0, 0.1) is 0 Å². The van der Waals surface area contributed by atoms with E-state index in [1.165, 1.54) is 12.8 Å². The lowest BCUT2D eigenvalue weighted by atomic mass is 10.1. The molecule has 0 amide bonds. The second-order valence-corrected chi connectivity index (χ2v) is 5.33. The van der Waals surface area contributed by atoms with Crippen molar-refractivity contribution in [3.05, 3.63) is 29.8 Å². The first kappa shape index (κ1) is 14.9. The molecule has 1 saturated heterocycles. The molecule has 3 N–H and O–H groups in total. The van der Waals surface area contributed by atoms with Gasteiger partial charge in [-0.05, 0) is 57.0 Å². The first-order valence-corrected chi connectivity index (χ1v) is 7.50. The molecule has 0 radical (unpaired) electrons. The van der Waals surface area contributed by atoms with Gasteiger partial charge < -0.3 is 15.8 Å². The van der Waals surface area contributed by atoms with Crippen molar-refractivity contribution in [2.24, 2.45) is 10.7 Å². The van der Waals surface area contributed by atoms with E-state index >= 15 is 0 Å². The molecule has 2 rings (SSSR count). The lowest BCUT2D eigenvalue weighted by Gasteiger charge is -2.16. The first-order chi connectivity index (χ1) is 9.70. The molecular formula is C16H25N3O. The van der Waals surface area contributed by atoms with Crippen LogP contribution in [0.15, 0.2) is 29.3 Å². The molecule has 1 aliphatic heterocycles. The Labute approximate surface area is 121 Å². The Morgan fingerprint density at radius 3 is 2.80 bits per heavy atom. The van der Waals surface area contributed by atoms with Gasteiger partial charge >= 0.3 is 0 Å². The quantitative estimate of drug-likeness (QED) is 0.619. The number of nitrogens with zero attached hydrogens (tertiary/aromatic N) is 1. The average Bonchev–Trinajstić information content (AvgIpc) is 3.00. The molecule has 1 fully saturated rings. The monoisotopic (exact) mass is 275 g/mol. The molecule has 4 nitrogen and oxygen atoms in total. The molecule has 1 aromatic rings. The minimum absolute atomic E-state index is 0.216. The van der Waals surface area contributed by atoms with Crippen molar-refractivity contribution in [1.29, 1.82) is 0 Å². The van der Waals surface area contributed by atoms with Crippen molar-refractivity contribution in [3.63, 3.8) is 0 Å². The molecule has 1 aromatic carbocycles. The number of nitrogens with two attached hydrogens (primary N) is 1. The van der Waals surface area contributed by atoms with Gasteiger partial charge in [0.2, 0.25) is 0 Å². The van der Waals surface area contributed by atoms with Crippen LogP contribution < -0.4 is 15.8 Å². The van der Waals surface area contributed by atoms with Crippen LogP contribution in [0.4, 0.5) is 0 Å². The average molecular weight is 275 g/mol. The van der Waals surface area contributed by atoms with Gasteiger partial charge in [0.1, 0.15) is 11.6 Å². The van der Waals surface area contributed by atoms with Gasteiger partial charge in [-0.25, -0.2) is 0 Å². The minimum atomic E-state index is 0.216. The van der Waals surface area contributed by atoms with Crippen LogP contribution in [-0.4, -0.2) is 31.1 Å². The van der Waals surface area contributed by atoms with Crippen molar-refractivity contribution in [1.82, 2.24) is 5.32 Å². The Balaban J connectivity index is 1.98. The van der Waals surface area contributed by atoms with E-state index in [-0.39, 0.29) is 6.04 Å². The summed E-state index contributed by atoms with van der Waals surface area (Å²) in [7, 11) is 0. The Hall–Kier alpha value is -1.55. The topological polar surface area (TPSA) is 59.6 Å². The number of hydrogen-bond acceptors (Lipinski definition) is 3. The summed E-state index contributed by atoms with van der Waals surface area (Å²) in [6, 6.07) is 8.52. The second-order valence-electron chi connectivity index (χ2n) is 5.33. The molecule has 0 aromatic heterocycles. The summed E-state index contributed by atoms with van der Waals surface area (Å²) in [4.78, 5) is 4.61. The predicted octanol–water partition coefficient (Wildman–Crippen LogP) is 2.32. The van der Waals surface area contributed by atoms with Gasteiger partial charge in [-0.2, -0.15) is 0 Å². The summed E-state index contributed by atoms with van der Waals surface area (Å²) in [5, 5.41) is 3.46. The SMILES string of the molecule is CCCOc1ccc(C(N)=NC(C)C2CCCN2)cc1. The molecule has 2 unspecified atom stereocenters. The number of rotatable bonds is 6. The fourth-order valence-corrected chi connectivity index (χ4v) is 2.45. The second kappa shape index (κ2) is 7.29. The van der Waals surface area contributed by atoms with E-state index in [1.54, 1.807) is 0 Å². The largest absolute Gasteiger partial charge is 0.494 e. The lowest BCUT2D eigenvalue weighted by molar-refractivity contribution is 0.317. The van der Waals surface area contributed by atoms with Gasteiger partial charge in [0.25, 0.3) is 0 Å². The van der Waals surface area contributed by atoms with Crippen molar-refractivity contribution in [2.75, 3.05) is 13.2 Å². The minimum Gasteiger partial charge on any atom is -0.494 e. The molecular weight excluding hydrogens is 250 g/mol. The molecule has 1 aliphatic rings. The summed E-state index contributed by atoms with van der Waals surface area (Å²) in [6.45, 7) is 6.05. The molecule has 4 heteroatoms. The van der Waals surface area contributed by atoms with Gasteiger partial charge in [0, 0.05) is 11.6 Å². The zero-order valence-corrected chi connectivity index (χ0v) is 12.4. The van der Waals surface area contributed by atoms with Crippen molar-refractivity contribution in [3.8, 4) is 5.75 Å². The number of amidine groups is 1. The van der Waals surface area contributed by atoms with E-state index in [9.17, 15) is 0 Å². The van der Waals surface area contributed by atoms with E-state index < -0.39 is 0 Å². The standard InChI is InChI=1S/C16H25N3O/c1-3-11-20-14-8-6-13(7-9-14)16(17)19-12(2)15-5-4-10-18-15/h6-9,12,15,18H,3-5,10-11H2,1-2H3,(H2,17,19). The maximum Gasteiger partial charge on any atom is 0.125 e. The van der Waals surface area contributed by atoms with Gasteiger partial charge in [0.05, 0.1) is 12.6 Å². The number of ether oxygens (including phenoxy) is 1. The van der Waals surface area contributed by atoms with Crippen LogP contribution in [0.2, 0.25) is 0 Å². The van der Waals surface area contributed by atoms with Gasteiger partial charge in [-0.15, -0.1) is 0 Å². The summed E-state index contributed by atoms with van der Waals surface area (Å²) in [6.07, 6.45) is 3.42. The number of hydrogen-bond donors (Lipinski definition) is 2. The molecule has 2 atom stereocenters. The third-order valence-electron chi connectivity index (χ3n) is 3.65. The third kappa shape index (κ3) is 3.97. The molecule has 20 heavy (non-hydrogen) atoms. The van der Waals surface area contributed by atoms with Crippen molar-refractivity contribution in [2.45, 2.75) is 45.2 Å². The number of aliphatic imine (C=N–C) groups is 1. The van der Waals surface area contributed by atoms with Gasteiger partial charge in [-0.1, -0.05) is 6.92 Å². The van der Waals surface area contributed by atoms with E-state index in [0.29, 0.717) is 11.9 Å². The number of benzene rings is 1. The Morgan fingerprint density at radius 1 is 1.45 bits per heavy atom. The zero-order valence-electron chi connectivity index (χ0n) is 12.4. The van der Waals surface area contributed by atoms with Gasteiger partial charge in [-0.3, -0.25) is 4.99 Å². The van der Waals surface area contributed by atoms with Crippen molar-refractivity contribution < 1.29 is 4.74 Å². The summed E-state index contributed by atoms with van der Waals surface area (Å²) in [5.41, 5.74) is 7.05. The molecule has 0 saturated carbocycles. The van der Waals surface area contributed by atoms with E-state index in [0.717, 1.165) is 30.9 Å². The summed E-state index contributed by atoms with van der Waals surface area (Å²) >= 11 is 0. The van der Waals surface area contributed by atoms with E-state index in [4.69, 9.17) is 10.5 Å². The van der Waals surface area contributed by atoms with Gasteiger partial charge in [0.15, 0.2) is 0 Å². The van der Waals surface area contributed by atoms with Crippen LogP contribution in [0.1, 0.15) is 38.7 Å². The zero-order chi connectivity index (χ0) is 14.4. The maximum atomic E-state index is 6.10. The molecule has 110 valence electrons. The molecule has 0 bridgehead atoms. The predicted molar refractivity (Wildman–Crippen MR) is 83.4 cm³/mol.